The smallest absolute Gasteiger partial charge is 0.307 e. The lowest BCUT2D eigenvalue weighted by Gasteiger charge is -2.20. The van der Waals surface area contributed by atoms with Crippen molar-refractivity contribution >= 4 is 27.6 Å². The number of rotatable bonds is 5. The Morgan fingerprint density at radius 1 is 1.22 bits per heavy atom. The molecule has 1 aromatic rings. The zero-order valence-corrected chi connectivity index (χ0v) is 14.0. The Morgan fingerprint density at radius 2 is 1.87 bits per heavy atom. The summed E-state index contributed by atoms with van der Waals surface area (Å²) in [7, 11) is -3.70. The van der Waals surface area contributed by atoms with Gasteiger partial charge in [-0.1, -0.05) is 6.07 Å². The number of anilines is 1. The number of carboxylic acids is 1. The predicted octanol–water partition coefficient (Wildman–Crippen LogP) is 1.42. The zero-order valence-electron chi connectivity index (χ0n) is 13.2. The first-order valence-electron chi connectivity index (χ1n) is 7.17. The first-order valence-corrected chi connectivity index (χ1v) is 8.66. The van der Waals surface area contributed by atoms with Crippen molar-refractivity contribution in [1.29, 1.82) is 0 Å². The molecule has 1 aliphatic rings. The summed E-state index contributed by atoms with van der Waals surface area (Å²) in [6.45, 7) is 5.19. The molecule has 0 unspecified atom stereocenters. The number of benzene rings is 1. The fourth-order valence-electron chi connectivity index (χ4n) is 2.20. The highest BCUT2D eigenvalue weighted by Crippen LogP contribution is 2.39. The van der Waals surface area contributed by atoms with E-state index in [0.29, 0.717) is 12.1 Å². The van der Waals surface area contributed by atoms with E-state index in [4.69, 9.17) is 5.11 Å². The summed E-state index contributed by atoms with van der Waals surface area (Å²) in [5, 5.41) is 11.4. The van der Waals surface area contributed by atoms with Crippen molar-refractivity contribution in [2.75, 3.05) is 5.32 Å². The number of amides is 1. The lowest BCUT2D eigenvalue weighted by Crippen LogP contribution is -2.40. The van der Waals surface area contributed by atoms with Gasteiger partial charge < -0.3 is 10.4 Å². The molecular formula is C15H20N2O5S. The van der Waals surface area contributed by atoms with E-state index in [9.17, 15) is 18.0 Å². The molecule has 7 nitrogen and oxygen atoms in total. The number of hydrogen-bond acceptors (Lipinski definition) is 4. The first kappa shape index (κ1) is 17.4. The minimum atomic E-state index is -3.70. The number of carbonyl (C=O) groups excluding carboxylic acids is 1. The van der Waals surface area contributed by atoms with E-state index >= 15 is 0 Å². The first-order chi connectivity index (χ1) is 10.5. The highest BCUT2D eigenvalue weighted by molar-refractivity contribution is 7.89. The van der Waals surface area contributed by atoms with Crippen LogP contribution < -0.4 is 10.0 Å². The minimum Gasteiger partial charge on any atom is -0.481 e. The van der Waals surface area contributed by atoms with Crippen LogP contribution in [0.4, 0.5) is 5.69 Å². The van der Waals surface area contributed by atoms with Gasteiger partial charge in [-0.2, -0.15) is 0 Å². The maximum absolute atomic E-state index is 12.3. The fraction of sp³-hybridized carbons (Fsp3) is 0.467. The van der Waals surface area contributed by atoms with Gasteiger partial charge in [0.2, 0.25) is 15.9 Å². The Hall–Kier alpha value is -1.93. The summed E-state index contributed by atoms with van der Waals surface area (Å²) in [5.41, 5.74) is -0.302. The van der Waals surface area contributed by atoms with E-state index in [1.165, 1.54) is 18.2 Å². The number of aliphatic carboxylic acids is 1. The third-order valence-corrected chi connectivity index (χ3v) is 5.05. The largest absolute Gasteiger partial charge is 0.481 e. The van der Waals surface area contributed by atoms with Gasteiger partial charge in [0.15, 0.2) is 0 Å². The average molecular weight is 340 g/mol. The van der Waals surface area contributed by atoms with Crippen LogP contribution in [0.15, 0.2) is 29.2 Å². The second kappa shape index (κ2) is 5.93. The highest BCUT2D eigenvalue weighted by atomic mass is 32.2. The SMILES string of the molecule is CC(C)(C)NS(=O)(=O)c1cccc(NC(=O)[C@@H]2C[C@H]2C(=O)O)c1. The van der Waals surface area contributed by atoms with Gasteiger partial charge in [0.1, 0.15) is 0 Å². The quantitative estimate of drug-likeness (QED) is 0.750. The van der Waals surface area contributed by atoms with Gasteiger partial charge in [-0.3, -0.25) is 9.59 Å². The number of nitrogens with one attached hydrogen (secondary N) is 2. The number of carbonyl (C=O) groups is 2. The van der Waals surface area contributed by atoms with Gasteiger partial charge in [-0.25, -0.2) is 13.1 Å². The second-order valence-corrected chi connectivity index (χ2v) is 8.34. The van der Waals surface area contributed by atoms with Crippen LogP contribution in [-0.2, 0) is 19.6 Å². The normalized spacial score (nSPS) is 20.8. The average Bonchev–Trinajstić information content (AvgIpc) is 3.16. The van der Waals surface area contributed by atoms with Gasteiger partial charge in [0.05, 0.1) is 16.7 Å². The molecule has 0 radical (unpaired) electrons. The van der Waals surface area contributed by atoms with Crippen LogP contribution in [0.2, 0.25) is 0 Å². The van der Waals surface area contributed by atoms with Crippen LogP contribution in [0.3, 0.4) is 0 Å². The number of carboxylic acid groups (broad SMARTS) is 1. The molecule has 0 bridgehead atoms. The molecule has 1 amide bonds. The van der Waals surface area contributed by atoms with Crippen LogP contribution in [0.1, 0.15) is 27.2 Å². The van der Waals surface area contributed by atoms with Crippen LogP contribution in [-0.4, -0.2) is 30.9 Å². The van der Waals surface area contributed by atoms with Gasteiger partial charge >= 0.3 is 5.97 Å². The van der Waals surface area contributed by atoms with Crippen molar-refractivity contribution in [3.05, 3.63) is 24.3 Å². The van der Waals surface area contributed by atoms with Gasteiger partial charge in [-0.15, -0.1) is 0 Å². The molecule has 1 saturated carbocycles. The van der Waals surface area contributed by atoms with Crippen molar-refractivity contribution in [1.82, 2.24) is 4.72 Å². The van der Waals surface area contributed by atoms with Crippen LogP contribution in [0, 0.1) is 11.8 Å². The molecule has 2 atom stereocenters. The molecule has 8 heteroatoms. The van der Waals surface area contributed by atoms with Gasteiger partial charge in [0, 0.05) is 11.2 Å². The molecule has 0 aromatic heterocycles. The molecule has 1 aromatic carbocycles. The molecule has 0 saturated heterocycles. The Morgan fingerprint density at radius 3 is 2.39 bits per heavy atom. The number of sulfonamides is 1. The topological polar surface area (TPSA) is 113 Å². The molecule has 2 rings (SSSR count). The van der Waals surface area contributed by atoms with Crippen molar-refractivity contribution < 1.29 is 23.1 Å². The lowest BCUT2D eigenvalue weighted by atomic mass is 10.1. The summed E-state index contributed by atoms with van der Waals surface area (Å²) in [4.78, 5) is 22.8. The maximum Gasteiger partial charge on any atom is 0.307 e. The third-order valence-electron chi connectivity index (χ3n) is 3.30. The van der Waals surface area contributed by atoms with Gasteiger partial charge in [-0.05, 0) is 45.4 Å². The molecule has 0 heterocycles. The molecule has 0 aliphatic heterocycles. The summed E-state index contributed by atoms with van der Waals surface area (Å²) < 4.78 is 27.1. The summed E-state index contributed by atoms with van der Waals surface area (Å²) in [5.74, 6) is -2.60. The third kappa shape index (κ3) is 4.52. The minimum absolute atomic E-state index is 0.0378. The second-order valence-electron chi connectivity index (χ2n) is 6.66. The highest BCUT2D eigenvalue weighted by Gasteiger charge is 2.48. The van der Waals surface area contributed by atoms with Crippen LogP contribution >= 0.6 is 0 Å². The van der Waals surface area contributed by atoms with Crippen molar-refractivity contribution in [3.63, 3.8) is 0 Å². The molecule has 23 heavy (non-hydrogen) atoms. The molecular weight excluding hydrogens is 320 g/mol. The van der Waals surface area contributed by atoms with Crippen molar-refractivity contribution in [2.24, 2.45) is 11.8 Å². The van der Waals surface area contributed by atoms with Crippen LogP contribution in [0.25, 0.3) is 0 Å². The van der Waals surface area contributed by atoms with E-state index in [-0.39, 0.29) is 4.90 Å². The van der Waals surface area contributed by atoms with E-state index < -0.39 is 39.3 Å². The van der Waals surface area contributed by atoms with Crippen molar-refractivity contribution in [2.45, 2.75) is 37.6 Å². The van der Waals surface area contributed by atoms with E-state index in [0.717, 1.165) is 0 Å². The Labute approximate surface area is 135 Å². The summed E-state index contributed by atoms with van der Waals surface area (Å²) in [6.07, 6.45) is 0.310. The lowest BCUT2D eigenvalue weighted by molar-refractivity contribution is -0.139. The fourth-order valence-corrected chi connectivity index (χ4v) is 3.66. The standard InChI is InChI=1S/C15H20N2O5S/c1-15(2,3)17-23(21,22)10-6-4-5-9(7-10)16-13(18)11-8-12(11)14(19)20/h4-7,11-12,17H,8H2,1-3H3,(H,16,18)(H,19,20)/t11-,12-/m1/s1. The van der Waals surface area contributed by atoms with Gasteiger partial charge in [0.25, 0.3) is 0 Å². The summed E-state index contributed by atoms with van der Waals surface area (Å²) in [6, 6.07) is 5.87. The van der Waals surface area contributed by atoms with E-state index in [1.807, 2.05) is 0 Å². The van der Waals surface area contributed by atoms with E-state index in [2.05, 4.69) is 10.0 Å². The Bertz CT molecular complexity index is 736. The molecule has 1 aliphatic carbocycles. The monoisotopic (exact) mass is 340 g/mol. The summed E-state index contributed by atoms with van der Waals surface area (Å²) >= 11 is 0. The molecule has 0 spiro atoms. The Kier molecular flexibility index (Phi) is 4.50. The zero-order chi connectivity index (χ0) is 17.4. The Balaban J connectivity index is 2.12. The number of hydrogen-bond donors (Lipinski definition) is 3. The van der Waals surface area contributed by atoms with Crippen molar-refractivity contribution in [3.8, 4) is 0 Å². The van der Waals surface area contributed by atoms with Crippen LogP contribution in [0.5, 0.6) is 0 Å². The molecule has 1 fully saturated rings. The van der Waals surface area contributed by atoms with E-state index in [1.54, 1.807) is 26.8 Å². The molecule has 126 valence electrons. The maximum atomic E-state index is 12.3. The molecule has 3 N–H and O–H groups in total. The predicted molar refractivity (Wildman–Crippen MR) is 84.4 cm³/mol.